The molecule has 0 aliphatic rings. The Balaban J connectivity index is 1.63. The molecule has 0 radical (unpaired) electrons. The van der Waals surface area contributed by atoms with Gasteiger partial charge in [0.2, 0.25) is 0 Å². The molecule has 4 aromatic heterocycles. The zero-order chi connectivity index (χ0) is 18.2. The van der Waals surface area contributed by atoms with E-state index in [0.717, 1.165) is 22.5 Å². The summed E-state index contributed by atoms with van der Waals surface area (Å²) in [7, 11) is 0. The van der Waals surface area contributed by atoms with E-state index >= 15 is 0 Å². The van der Waals surface area contributed by atoms with Gasteiger partial charge in [0.25, 0.3) is 0 Å². The van der Waals surface area contributed by atoms with Gasteiger partial charge >= 0.3 is 0 Å². The highest BCUT2D eigenvalue weighted by Crippen LogP contribution is 2.27. The second-order valence-electron chi connectivity index (χ2n) is 6.18. The van der Waals surface area contributed by atoms with Gasteiger partial charge < -0.3 is 10.3 Å². The first-order valence-corrected chi connectivity index (χ1v) is 8.60. The highest BCUT2D eigenvalue weighted by Gasteiger charge is 2.20. The lowest BCUT2D eigenvalue weighted by atomic mass is 10.2. The first-order valence-electron chi connectivity index (χ1n) is 8.60. The lowest BCUT2D eigenvalue weighted by Gasteiger charge is -2.17. The smallest absolute Gasteiger partial charge is 0.182 e. The van der Waals surface area contributed by atoms with E-state index in [9.17, 15) is 0 Å². The van der Waals surface area contributed by atoms with Crippen molar-refractivity contribution >= 4 is 28.1 Å². The van der Waals surface area contributed by atoms with Crippen LogP contribution in [0.3, 0.4) is 0 Å². The molecule has 8 nitrogen and oxygen atoms in total. The van der Waals surface area contributed by atoms with E-state index in [1.807, 2.05) is 37.3 Å². The number of nitrogens with zero attached hydrogens (tertiary/aromatic N) is 6. The molecule has 1 unspecified atom stereocenters. The number of nitrogens with one attached hydrogen (secondary N) is 2. The average molecular weight is 356 g/mol. The summed E-state index contributed by atoms with van der Waals surface area (Å²) in [6.07, 6.45) is 4.86. The molecule has 5 aromatic rings. The standard InChI is InChI=1S/C19H16N8/c1-12(25-18-15-17(22-10-21-15)23-11-24-18)19-26-16-14(8-5-9-20-16)27(19)13-6-3-2-4-7-13/h2-12H,1H3,(H2,21,22,23,24,25). The SMILES string of the molecule is CC(Nc1ncnc2nc[nH]c12)c1nc2ncccc2n1-c1ccccc1. The van der Waals surface area contributed by atoms with Gasteiger partial charge in [-0.15, -0.1) is 0 Å². The molecule has 0 amide bonds. The lowest BCUT2D eigenvalue weighted by molar-refractivity contribution is 0.769. The second kappa shape index (κ2) is 6.17. The summed E-state index contributed by atoms with van der Waals surface area (Å²) in [6.45, 7) is 2.05. The molecule has 5 rings (SSSR count). The van der Waals surface area contributed by atoms with Crippen molar-refractivity contribution in [3.05, 3.63) is 67.1 Å². The maximum absolute atomic E-state index is 4.77. The fraction of sp³-hybridized carbons (Fsp3) is 0.105. The molecule has 132 valence electrons. The number of benzene rings is 1. The molecule has 0 aliphatic carbocycles. The van der Waals surface area contributed by atoms with Crippen LogP contribution in [0.4, 0.5) is 5.82 Å². The van der Waals surface area contributed by atoms with Crippen LogP contribution in [0, 0.1) is 0 Å². The Kier molecular flexibility index (Phi) is 3.53. The first-order chi connectivity index (χ1) is 13.3. The zero-order valence-electron chi connectivity index (χ0n) is 14.5. The molecule has 8 heteroatoms. The summed E-state index contributed by atoms with van der Waals surface area (Å²) in [6, 6.07) is 14.0. The fourth-order valence-electron chi connectivity index (χ4n) is 3.21. The van der Waals surface area contributed by atoms with Crippen molar-refractivity contribution in [2.75, 3.05) is 5.32 Å². The number of hydrogen-bond donors (Lipinski definition) is 2. The van der Waals surface area contributed by atoms with Crippen LogP contribution in [0.5, 0.6) is 0 Å². The number of fused-ring (bicyclic) bond motifs is 2. The number of aromatic nitrogens is 7. The van der Waals surface area contributed by atoms with Gasteiger partial charge in [0.05, 0.1) is 17.9 Å². The van der Waals surface area contributed by atoms with Crippen molar-refractivity contribution in [1.29, 1.82) is 0 Å². The number of aromatic amines is 1. The zero-order valence-corrected chi connectivity index (χ0v) is 14.5. The third-order valence-corrected chi connectivity index (χ3v) is 4.43. The number of H-pyrrole nitrogens is 1. The van der Waals surface area contributed by atoms with Crippen LogP contribution in [0.1, 0.15) is 18.8 Å². The Labute approximate surface area is 154 Å². The average Bonchev–Trinajstić information content (AvgIpc) is 3.34. The maximum Gasteiger partial charge on any atom is 0.182 e. The van der Waals surface area contributed by atoms with Crippen molar-refractivity contribution in [1.82, 2.24) is 34.5 Å². The molecule has 0 saturated carbocycles. The van der Waals surface area contributed by atoms with Crippen molar-refractivity contribution in [2.45, 2.75) is 13.0 Å². The fourth-order valence-corrected chi connectivity index (χ4v) is 3.21. The molecule has 0 aliphatic heterocycles. The topological polar surface area (TPSA) is 97.2 Å². The molecule has 0 fully saturated rings. The molecule has 27 heavy (non-hydrogen) atoms. The normalized spacial score (nSPS) is 12.5. The number of hydrogen-bond acceptors (Lipinski definition) is 6. The van der Waals surface area contributed by atoms with Gasteiger partial charge in [0, 0.05) is 11.9 Å². The monoisotopic (exact) mass is 356 g/mol. The Hall–Kier alpha value is -3.81. The largest absolute Gasteiger partial charge is 0.358 e. The molecule has 2 N–H and O–H groups in total. The number of imidazole rings is 2. The Morgan fingerprint density at radius 1 is 0.963 bits per heavy atom. The van der Waals surface area contributed by atoms with E-state index in [1.165, 1.54) is 6.33 Å². The van der Waals surface area contributed by atoms with Crippen molar-refractivity contribution < 1.29 is 0 Å². The van der Waals surface area contributed by atoms with Crippen LogP contribution in [-0.2, 0) is 0 Å². The van der Waals surface area contributed by atoms with Gasteiger partial charge in [-0.05, 0) is 31.2 Å². The Morgan fingerprint density at radius 3 is 2.74 bits per heavy atom. The van der Waals surface area contributed by atoms with Crippen LogP contribution < -0.4 is 5.32 Å². The molecule has 1 atom stereocenters. The minimum absolute atomic E-state index is 0.124. The van der Waals surface area contributed by atoms with E-state index in [4.69, 9.17) is 4.98 Å². The van der Waals surface area contributed by atoms with Gasteiger partial charge in [-0.25, -0.2) is 24.9 Å². The maximum atomic E-state index is 4.77. The van der Waals surface area contributed by atoms with Crippen LogP contribution in [0.2, 0.25) is 0 Å². The van der Waals surface area contributed by atoms with Gasteiger partial charge in [-0.3, -0.25) is 4.57 Å². The molecule has 4 heterocycles. The number of para-hydroxylation sites is 1. The van der Waals surface area contributed by atoms with Gasteiger partial charge in [-0.2, -0.15) is 0 Å². The summed E-state index contributed by atoms with van der Waals surface area (Å²) < 4.78 is 2.12. The molecule has 0 bridgehead atoms. The van der Waals surface area contributed by atoms with Crippen LogP contribution in [-0.4, -0.2) is 34.5 Å². The first kappa shape index (κ1) is 15.4. The molecular formula is C19H16N8. The molecule has 1 aromatic carbocycles. The third kappa shape index (κ3) is 2.58. The van der Waals surface area contributed by atoms with Crippen LogP contribution >= 0.6 is 0 Å². The predicted molar refractivity (Wildman–Crippen MR) is 103 cm³/mol. The number of pyridine rings is 1. The summed E-state index contributed by atoms with van der Waals surface area (Å²) >= 11 is 0. The van der Waals surface area contributed by atoms with Crippen LogP contribution in [0.15, 0.2) is 61.3 Å². The van der Waals surface area contributed by atoms with E-state index in [2.05, 4.69) is 46.9 Å². The Morgan fingerprint density at radius 2 is 1.85 bits per heavy atom. The Bertz CT molecular complexity index is 1220. The van der Waals surface area contributed by atoms with Crippen molar-refractivity contribution in [2.24, 2.45) is 0 Å². The van der Waals surface area contributed by atoms with Crippen molar-refractivity contribution in [3.8, 4) is 5.69 Å². The summed E-state index contributed by atoms with van der Waals surface area (Å²) in [5, 5.41) is 3.42. The van der Waals surface area contributed by atoms with Gasteiger partial charge in [0.1, 0.15) is 17.7 Å². The molecular weight excluding hydrogens is 340 g/mol. The summed E-state index contributed by atoms with van der Waals surface area (Å²) in [5.74, 6) is 1.53. The second-order valence-corrected chi connectivity index (χ2v) is 6.18. The van der Waals surface area contributed by atoms with Crippen molar-refractivity contribution in [3.63, 3.8) is 0 Å². The minimum atomic E-state index is -0.124. The van der Waals surface area contributed by atoms with Gasteiger partial charge in [0.15, 0.2) is 17.1 Å². The number of anilines is 1. The van der Waals surface area contributed by atoms with E-state index in [1.54, 1.807) is 12.5 Å². The number of rotatable bonds is 4. The summed E-state index contributed by atoms with van der Waals surface area (Å²) in [5.41, 5.74) is 4.09. The lowest BCUT2D eigenvalue weighted by Crippen LogP contribution is -2.14. The van der Waals surface area contributed by atoms with E-state index in [-0.39, 0.29) is 6.04 Å². The summed E-state index contributed by atoms with van der Waals surface area (Å²) in [4.78, 5) is 25.0. The minimum Gasteiger partial charge on any atom is -0.358 e. The van der Waals surface area contributed by atoms with E-state index in [0.29, 0.717) is 17.1 Å². The highest BCUT2D eigenvalue weighted by atomic mass is 15.2. The van der Waals surface area contributed by atoms with Crippen LogP contribution in [0.25, 0.3) is 28.0 Å². The molecule has 0 saturated heterocycles. The highest BCUT2D eigenvalue weighted by molar-refractivity contribution is 5.82. The predicted octanol–water partition coefficient (Wildman–Crippen LogP) is 3.26. The quantitative estimate of drug-likeness (QED) is 0.513. The van der Waals surface area contributed by atoms with Gasteiger partial charge in [-0.1, -0.05) is 18.2 Å². The third-order valence-electron chi connectivity index (χ3n) is 4.43. The molecule has 0 spiro atoms. The van der Waals surface area contributed by atoms with E-state index < -0.39 is 0 Å².